The molecular weight excluding hydrogens is 426 g/mol. The molecule has 2 N–H and O–H groups in total. The van der Waals surface area contributed by atoms with Crippen LogP contribution in [0.3, 0.4) is 0 Å². The number of nitrogens with one attached hydrogen (secondary N) is 2. The second kappa shape index (κ2) is 11.6. The van der Waals surface area contributed by atoms with Crippen molar-refractivity contribution in [3.05, 3.63) is 77.9 Å². The first-order valence-electron chi connectivity index (χ1n) is 12.3. The molecule has 2 unspecified atom stereocenters. The lowest BCUT2D eigenvalue weighted by Crippen LogP contribution is -2.55. The number of hydrogen-bond donors (Lipinski definition) is 2. The Labute approximate surface area is 201 Å². The summed E-state index contributed by atoms with van der Waals surface area (Å²) in [4.78, 5) is 40.3. The average molecular weight is 460 g/mol. The van der Waals surface area contributed by atoms with E-state index in [-0.39, 0.29) is 35.7 Å². The first-order valence-corrected chi connectivity index (χ1v) is 12.3. The topological polar surface area (TPSA) is 78.5 Å². The first-order chi connectivity index (χ1) is 16.6. The molecule has 0 radical (unpaired) electrons. The Balaban J connectivity index is 1.32. The molecule has 6 heteroatoms. The molecule has 1 aliphatic carbocycles. The summed E-state index contributed by atoms with van der Waals surface area (Å²) in [6.07, 6.45) is 8.74. The van der Waals surface area contributed by atoms with Crippen molar-refractivity contribution in [3.63, 3.8) is 0 Å². The molecule has 3 amide bonds. The van der Waals surface area contributed by atoms with Crippen molar-refractivity contribution in [2.75, 3.05) is 13.1 Å². The SMILES string of the molecule is O=C(N[C@@H]1CCCCC1NC(=O)C1CCCN(C(=O)/C=C/c2ccccc2)C1)c1ccccc1. The fourth-order valence-electron chi connectivity index (χ4n) is 4.85. The van der Waals surface area contributed by atoms with E-state index in [4.69, 9.17) is 0 Å². The highest BCUT2D eigenvalue weighted by Gasteiger charge is 2.32. The van der Waals surface area contributed by atoms with Crippen LogP contribution in [0, 0.1) is 5.92 Å². The lowest BCUT2D eigenvalue weighted by atomic mass is 9.88. The highest BCUT2D eigenvalue weighted by Crippen LogP contribution is 2.22. The molecule has 2 fully saturated rings. The Morgan fingerprint density at radius 2 is 1.44 bits per heavy atom. The summed E-state index contributed by atoms with van der Waals surface area (Å²) in [6.45, 7) is 1.10. The highest BCUT2D eigenvalue weighted by atomic mass is 16.2. The van der Waals surface area contributed by atoms with Gasteiger partial charge in [-0.05, 0) is 49.5 Å². The number of amides is 3. The molecule has 0 bridgehead atoms. The molecule has 1 heterocycles. The van der Waals surface area contributed by atoms with Gasteiger partial charge in [-0.15, -0.1) is 0 Å². The summed E-state index contributed by atoms with van der Waals surface area (Å²) in [7, 11) is 0. The third-order valence-corrected chi connectivity index (χ3v) is 6.77. The molecule has 2 aromatic rings. The quantitative estimate of drug-likeness (QED) is 0.645. The molecule has 0 aromatic heterocycles. The number of nitrogens with zero attached hydrogens (tertiary/aromatic N) is 1. The Morgan fingerprint density at radius 1 is 0.794 bits per heavy atom. The largest absolute Gasteiger partial charge is 0.351 e. The van der Waals surface area contributed by atoms with Gasteiger partial charge in [0.25, 0.3) is 5.91 Å². The van der Waals surface area contributed by atoms with Crippen LogP contribution in [0.4, 0.5) is 0 Å². The number of carbonyl (C=O) groups is 3. The van der Waals surface area contributed by atoms with Crippen LogP contribution >= 0.6 is 0 Å². The molecule has 1 saturated carbocycles. The smallest absolute Gasteiger partial charge is 0.251 e. The molecule has 1 aliphatic heterocycles. The Morgan fingerprint density at radius 3 is 2.15 bits per heavy atom. The summed E-state index contributed by atoms with van der Waals surface area (Å²) in [5, 5.41) is 6.33. The van der Waals surface area contributed by atoms with Gasteiger partial charge >= 0.3 is 0 Å². The number of benzene rings is 2. The summed E-state index contributed by atoms with van der Waals surface area (Å²) in [5.74, 6) is -0.413. The van der Waals surface area contributed by atoms with Crippen LogP contribution in [0.5, 0.6) is 0 Å². The van der Waals surface area contributed by atoms with E-state index in [1.807, 2.05) is 54.6 Å². The van der Waals surface area contributed by atoms with Gasteiger partial charge in [0.05, 0.1) is 5.92 Å². The van der Waals surface area contributed by atoms with Crippen molar-refractivity contribution < 1.29 is 14.4 Å². The van der Waals surface area contributed by atoms with E-state index in [0.717, 1.165) is 44.1 Å². The minimum Gasteiger partial charge on any atom is -0.351 e. The third-order valence-electron chi connectivity index (χ3n) is 6.77. The lowest BCUT2D eigenvalue weighted by Gasteiger charge is -2.36. The van der Waals surface area contributed by atoms with Crippen LogP contribution in [-0.2, 0) is 9.59 Å². The van der Waals surface area contributed by atoms with Crippen LogP contribution in [0.1, 0.15) is 54.4 Å². The van der Waals surface area contributed by atoms with Crippen LogP contribution in [-0.4, -0.2) is 47.8 Å². The lowest BCUT2D eigenvalue weighted by molar-refractivity contribution is -0.132. The van der Waals surface area contributed by atoms with Gasteiger partial charge in [-0.1, -0.05) is 61.4 Å². The molecule has 4 rings (SSSR count). The van der Waals surface area contributed by atoms with Crippen molar-refractivity contribution >= 4 is 23.8 Å². The van der Waals surface area contributed by atoms with Crippen molar-refractivity contribution in [1.29, 1.82) is 0 Å². The van der Waals surface area contributed by atoms with Crippen molar-refractivity contribution in [2.24, 2.45) is 5.92 Å². The third kappa shape index (κ3) is 6.34. The Bertz CT molecular complexity index is 1010. The number of hydrogen-bond acceptors (Lipinski definition) is 3. The standard InChI is InChI=1S/C28H33N3O3/c32-26(18-17-21-10-3-1-4-11-21)31-19-9-14-23(20-31)28(34)30-25-16-8-7-15-24(25)29-27(33)22-12-5-2-6-13-22/h1-6,10-13,17-18,23-25H,7-9,14-16,19-20H2,(H,29,33)(H,30,34)/b18-17+/t23?,24-,25?/m1/s1. The normalized spacial score (nSPS) is 22.8. The van der Waals surface area contributed by atoms with Crippen molar-refractivity contribution in [1.82, 2.24) is 15.5 Å². The molecule has 34 heavy (non-hydrogen) atoms. The maximum Gasteiger partial charge on any atom is 0.251 e. The maximum absolute atomic E-state index is 13.1. The Hall–Kier alpha value is -3.41. The van der Waals surface area contributed by atoms with Gasteiger partial charge in [0, 0.05) is 36.8 Å². The fraction of sp³-hybridized carbons (Fsp3) is 0.393. The number of likely N-dealkylation sites (tertiary alicyclic amines) is 1. The predicted molar refractivity (Wildman–Crippen MR) is 133 cm³/mol. The van der Waals surface area contributed by atoms with Gasteiger partial charge in [0.15, 0.2) is 0 Å². The van der Waals surface area contributed by atoms with Gasteiger partial charge in [-0.2, -0.15) is 0 Å². The van der Waals surface area contributed by atoms with Gasteiger partial charge < -0.3 is 15.5 Å². The second-order valence-corrected chi connectivity index (χ2v) is 9.21. The summed E-state index contributed by atoms with van der Waals surface area (Å²) in [6, 6.07) is 18.7. The van der Waals surface area contributed by atoms with E-state index in [0.29, 0.717) is 18.7 Å². The predicted octanol–water partition coefficient (Wildman–Crippen LogP) is 3.80. The second-order valence-electron chi connectivity index (χ2n) is 9.21. The van der Waals surface area contributed by atoms with E-state index in [1.54, 1.807) is 23.1 Å². The molecule has 0 spiro atoms. The van der Waals surface area contributed by atoms with E-state index < -0.39 is 0 Å². The van der Waals surface area contributed by atoms with E-state index in [1.165, 1.54) is 0 Å². The summed E-state index contributed by atoms with van der Waals surface area (Å²) in [5.41, 5.74) is 1.60. The molecular formula is C28H33N3O3. The number of carbonyl (C=O) groups excluding carboxylic acids is 3. The minimum atomic E-state index is -0.227. The van der Waals surface area contributed by atoms with Crippen LogP contribution < -0.4 is 10.6 Å². The monoisotopic (exact) mass is 459 g/mol. The molecule has 1 saturated heterocycles. The zero-order valence-electron chi connectivity index (χ0n) is 19.5. The summed E-state index contributed by atoms with van der Waals surface area (Å²) < 4.78 is 0. The Kier molecular flexibility index (Phi) is 8.12. The van der Waals surface area contributed by atoms with Gasteiger partial charge in [-0.25, -0.2) is 0 Å². The zero-order valence-corrected chi connectivity index (χ0v) is 19.5. The number of piperidine rings is 1. The van der Waals surface area contributed by atoms with Crippen LogP contribution in [0.25, 0.3) is 6.08 Å². The van der Waals surface area contributed by atoms with Gasteiger partial charge in [0.1, 0.15) is 0 Å². The van der Waals surface area contributed by atoms with Crippen LogP contribution in [0.2, 0.25) is 0 Å². The summed E-state index contributed by atoms with van der Waals surface area (Å²) >= 11 is 0. The van der Waals surface area contributed by atoms with E-state index in [9.17, 15) is 14.4 Å². The molecule has 6 nitrogen and oxygen atoms in total. The van der Waals surface area contributed by atoms with Gasteiger partial charge in [-0.3, -0.25) is 14.4 Å². The molecule has 2 aliphatic rings. The number of rotatable bonds is 6. The molecule has 2 aromatic carbocycles. The zero-order chi connectivity index (χ0) is 23.8. The maximum atomic E-state index is 13.1. The van der Waals surface area contributed by atoms with E-state index >= 15 is 0 Å². The average Bonchev–Trinajstić information content (AvgIpc) is 2.89. The van der Waals surface area contributed by atoms with Crippen LogP contribution in [0.15, 0.2) is 66.7 Å². The highest BCUT2D eigenvalue weighted by molar-refractivity contribution is 5.94. The first kappa shape index (κ1) is 23.7. The van der Waals surface area contributed by atoms with Gasteiger partial charge in [0.2, 0.25) is 11.8 Å². The molecule has 178 valence electrons. The molecule has 3 atom stereocenters. The van der Waals surface area contributed by atoms with Crippen molar-refractivity contribution in [3.8, 4) is 0 Å². The minimum absolute atomic E-state index is 0.0181. The van der Waals surface area contributed by atoms with E-state index in [2.05, 4.69) is 10.6 Å². The van der Waals surface area contributed by atoms with Crippen molar-refractivity contribution in [2.45, 2.75) is 50.6 Å². The fourth-order valence-corrected chi connectivity index (χ4v) is 4.85.